The first-order valence-corrected chi connectivity index (χ1v) is 13.0. The van der Waals surface area contributed by atoms with Crippen LogP contribution in [0.2, 0.25) is 0 Å². The number of hydrogen-bond donors (Lipinski definition) is 0. The van der Waals surface area contributed by atoms with E-state index in [1.54, 1.807) is 36.2 Å². The van der Waals surface area contributed by atoms with Crippen LogP contribution in [-0.4, -0.2) is 56.3 Å². The summed E-state index contributed by atoms with van der Waals surface area (Å²) in [7, 11) is 0. The zero-order chi connectivity index (χ0) is 27.6. The van der Waals surface area contributed by atoms with Crippen LogP contribution in [0.25, 0.3) is 10.2 Å². The van der Waals surface area contributed by atoms with Crippen molar-refractivity contribution in [2.24, 2.45) is 0 Å². The van der Waals surface area contributed by atoms with Gasteiger partial charge in [0.25, 0.3) is 11.5 Å². The fourth-order valence-corrected chi connectivity index (χ4v) is 5.85. The van der Waals surface area contributed by atoms with Crippen LogP contribution in [0.4, 0.5) is 13.2 Å². The first-order chi connectivity index (χ1) is 18.0. The molecule has 0 N–H and O–H groups in total. The van der Waals surface area contributed by atoms with Gasteiger partial charge in [-0.1, -0.05) is 6.07 Å². The molecule has 0 bridgehead atoms. The minimum Gasteiger partial charge on any atom is -0.462 e. The molecule has 38 heavy (non-hydrogen) atoms. The summed E-state index contributed by atoms with van der Waals surface area (Å²) in [4.78, 5) is 57.3. The SMILES string of the molecule is CC(=O)OC1CCN(C(=O)c2sc3c(c2C)c(=O)n(CCc2ccccn2)c(=O)n3CCC(F)(F)F)CC1. The third-order valence-electron chi connectivity index (χ3n) is 6.49. The van der Waals surface area contributed by atoms with E-state index >= 15 is 0 Å². The Labute approximate surface area is 219 Å². The van der Waals surface area contributed by atoms with E-state index in [1.807, 2.05) is 0 Å². The highest BCUT2D eigenvalue weighted by molar-refractivity contribution is 7.20. The van der Waals surface area contributed by atoms with Gasteiger partial charge in [0.05, 0.1) is 16.7 Å². The van der Waals surface area contributed by atoms with Crippen LogP contribution in [-0.2, 0) is 29.0 Å². The highest BCUT2D eigenvalue weighted by Gasteiger charge is 2.31. The van der Waals surface area contributed by atoms with Gasteiger partial charge in [-0.25, -0.2) is 4.79 Å². The largest absolute Gasteiger partial charge is 0.462 e. The summed E-state index contributed by atoms with van der Waals surface area (Å²) in [6.45, 7) is 2.78. The summed E-state index contributed by atoms with van der Waals surface area (Å²) in [5.74, 6) is -0.773. The van der Waals surface area contributed by atoms with Crippen molar-refractivity contribution in [2.45, 2.75) is 64.9 Å². The van der Waals surface area contributed by atoms with E-state index in [2.05, 4.69) is 4.98 Å². The van der Waals surface area contributed by atoms with Gasteiger partial charge in [0.2, 0.25) is 0 Å². The van der Waals surface area contributed by atoms with E-state index in [9.17, 15) is 32.3 Å². The Bertz CT molecular complexity index is 1450. The van der Waals surface area contributed by atoms with Gasteiger partial charge in [0, 0.05) is 64.3 Å². The number of amides is 1. The highest BCUT2D eigenvalue weighted by Crippen LogP contribution is 2.31. The Morgan fingerprint density at radius 3 is 2.45 bits per heavy atom. The third kappa shape index (κ3) is 5.98. The standard InChI is InChI=1S/C25H27F3N4O5S/c1-15-19-21(34)31(13-6-17-5-3-4-10-29-17)24(36)32(14-9-25(26,27)28)23(19)38-20(15)22(35)30-11-7-18(8-12-30)37-16(2)33/h3-5,10,18H,6-9,11-14H2,1-2H3. The van der Waals surface area contributed by atoms with Crippen LogP contribution in [0, 0.1) is 6.92 Å². The van der Waals surface area contributed by atoms with Crippen LogP contribution in [0.3, 0.4) is 0 Å². The zero-order valence-electron chi connectivity index (χ0n) is 20.9. The second-order valence-electron chi connectivity index (χ2n) is 9.16. The first-order valence-electron chi connectivity index (χ1n) is 12.2. The quantitative estimate of drug-likeness (QED) is 0.417. The van der Waals surface area contributed by atoms with Crippen molar-refractivity contribution in [1.29, 1.82) is 0 Å². The molecule has 3 aromatic heterocycles. The lowest BCUT2D eigenvalue weighted by atomic mass is 10.1. The molecule has 0 radical (unpaired) electrons. The molecular weight excluding hydrogens is 525 g/mol. The van der Waals surface area contributed by atoms with E-state index in [-0.39, 0.29) is 40.1 Å². The minimum atomic E-state index is -4.52. The third-order valence-corrected chi connectivity index (χ3v) is 7.79. The number of halogens is 3. The summed E-state index contributed by atoms with van der Waals surface area (Å²) in [5, 5.41) is 0.0657. The van der Waals surface area contributed by atoms with Crippen molar-refractivity contribution in [2.75, 3.05) is 13.1 Å². The van der Waals surface area contributed by atoms with E-state index in [4.69, 9.17) is 4.74 Å². The fourth-order valence-electron chi connectivity index (χ4n) is 4.56. The van der Waals surface area contributed by atoms with E-state index in [0.29, 0.717) is 37.2 Å². The molecule has 1 fully saturated rings. The van der Waals surface area contributed by atoms with Crippen molar-refractivity contribution >= 4 is 33.4 Å². The summed E-state index contributed by atoms with van der Waals surface area (Å²) >= 11 is 0.859. The van der Waals surface area contributed by atoms with Gasteiger partial charge in [-0.3, -0.25) is 28.5 Å². The van der Waals surface area contributed by atoms with Gasteiger partial charge in [-0.05, 0) is 24.6 Å². The number of nitrogens with zero attached hydrogens (tertiary/aromatic N) is 4. The normalized spacial score (nSPS) is 14.7. The van der Waals surface area contributed by atoms with Crippen molar-refractivity contribution in [3.63, 3.8) is 0 Å². The van der Waals surface area contributed by atoms with Gasteiger partial charge in [-0.15, -0.1) is 11.3 Å². The smallest absolute Gasteiger partial charge is 0.390 e. The van der Waals surface area contributed by atoms with Crippen molar-refractivity contribution < 1.29 is 27.5 Å². The van der Waals surface area contributed by atoms with Gasteiger partial charge in [0.1, 0.15) is 10.9 Å². The minimum absolute atomic E-state index is 0.0500. The zero-order valence-corrected chi connectivity index (χ0v) is 21.7. The fraction of sp³-hybridized carbons (Fsp3) is 0.480. The number of piperidine rings is 1. The molecule has 4 heterocycles. The molecule has 0 saturated carbocycles. The highest BCUT2D eigenvalue weighted by atomic mass is 32.1. The predicted molar refractivity (Wildman–Crippen MR) is 134 cm³/mol. The molecule has 0 spiro atoms. The van der Waals surface area contributed by atoms with Gasteiger partial charge in [-0.2, -0.15) is 13.2 Å². The number of rotatable bonds is 7. The van der Waals surface area contributed by atoms with Crippen LogP contribution < -0.4 is 11.2 Å². The molecule has 204 valence electrons. The maximum absolute atomic E-state index is 13.4. The number of alkyl halides is 3. The summed E-state index contributed by atoms with van der Waals surface area (Å²) in [6.07, 6.45) is -3.37. The maximum Gasteiger partial charge on any atom is 0.390 e. The number of fused-ring (bicyclic) bond motifs is 1. The lowest BCUT2D eigenvalue weighted by Crippen LogP contribution is -2.41. The second kappa shape index (κ2) is 11.1. The number of pyridine rings is 1. The van der Waals surface area contributed by atoms with Crippen LogP contribution in [0.15, 0.2) is 34.0 Å². The lowest BCUT2D eigenvalue weighted by Gasteiger charge is -2.31. The molecule has 0 unspecified atom stereocenters. The average Bonchev–Trinajstić information content (AvgIpc) is 3.20. The monoisotopic (exact) mass is 552 g/mol. The van der Waals surface area contributed by atoms with Gasteiger partial charge < -0.3 is 9.64 Å². The molecule has 1 saturated heterocycles. The number of esters is 1. The predicted octanol–water partition coefficient (Wildman–Crippen LogP) is 3.29. The molecule has 4 rings (SSSR count). The van der Waals surface area contributed by atoms with E-state index in [0.717, 1.165) is 20.5 Å². The topological polar surface area (TPSA) is 104 Å². The number of likely N-dealkylation sites (tertiary alicyclic amines) is 1. The van der Waals surface area contributed by atoms with Crippen molar-refractivity contribution in [3.8, 4) is 0 Å². The Hall–Kier alpha value is -3.48. The number of thiophene rings is 1. The molecule has 1 amide bonds. The number of aromatic nitrogens is 3. The number of hydrogen-bond acceptors (Lipinski definition) is 7. The molecule has 3 aromatic rings. The lowest BCUT2D eigenvalue weighted by molar-refractivity contribution is -0.148. The summed E-state index contributed by atoms with van der Waals surface area (Å²) in [5.41, 5.74) is -0.555. The average molecular weight is 553 g/mol. The van der Waals surface area contributed by atoms with Crippen molar-refractivity contribution in [3.05, 3.63) is 61.4 Å². The Balaban J connectivity index is 1.72. The van der Waals surface area contributed by atoms with E-state index < -0.39 is 36.4 Å². The Kier molecular flexibility index (Phi) is 8.05. The van der Waals surface area contributed by atoms with Crippen molar-refractivity contribution in [1.82, 2.24) is 19.0 Å². The van der Waals surface area contributed by atoms with Gasteiger partial charge >= 0.3 is 17.8 Å². The van der Waals surface area contributed by atoms with Gasteiger partial charge in [0.15, 0.2) is 0 Å². The van der Waals surface area contributed by atoms with Crippen LogP contribution in [0.1, 0.15) is 47.1 Å². The molecule has 0 aliphatic carbocycles. The maximum atomic E-state index is 13.4. The molecule has 0 aromatic carbocycles. The molecule has 1 aliphatic heterocycles. The Morgan fingerprint density at radius 1 is 1.13 bits per heavy atom. The van der Waals surface area contributed by atoms with Crippen LogP contribution >= 0.6 is 11.3 Å². The molecular formula is C25H27F3N4O5S. The second-order valence-corrected chi connectivity index (χ2v) is 10.2. The number of aryl methyl sites for hydroxylation is 3. The first kappa shape index (κ1) is 27.6. The Morgan fingerprint density at radius 2 is 1.84 bits per heavy atom. The summed E-state index contributed by atoms with van der Waals surface area (Å²) < 4.78 is 46.4. The van der Waals surface area contributed by atoms with Crippen LogP contribution in [0.5, 0.6) is 0 Å². The molecule has 0 atom stereocenters. The van der Waals surface area contributed by atoms with E-state index in [1.165, 1.54) is 6.92 Å². The summed E-state index contributed by atoms with van der Waals surface area (Å²) in [6, 6.07) is 5.20. The molecule has 9 nitrogen and oxygen atoms in total. The number of carbonyl (C=O) groups excluding carboxylic acids is 2. The molecule has 13 heteroatoms. The molecule has 1 aliphatic rings. The number of ether oxygens (including phenoxy) is 1. The number of carbonyl (C=O) groups is 2.